The van der Waals surface area contributed by atoms with Crippen molar-refractivity contribution in [2.75, 3.05) is 11.9 Å². The quantitative estimate of drug-likeness (QED) is 0.801. The topological polar surface area (TPSA) is 63.8 Å². The number of fused-ring (bicyclic) bond motifs is 1. The van der Waals surface area contributed by atoms with Crippen molar-refractivity contribution in [3.05, 3.63) is 18.5 Å². The largest absolute Gasteiger partial charge is 0.366 e. The fourth-order valence-electron chi connectivity index (χ4n) is 1.20. The molecule has 0 saturated heterocycles. The van der Waals surface area contributed by atoms with Gasteiger partial charge in [-0.2, -0.15) is 4.37 Å². The van der Waals surface area contributed by atoms with Gasteiger partial charge in [-0.3, -0.25) is 0 Å². The molecule has 2 aromatic heterocycles. The van der Waals surface area contributed by atoms with Gasteiger partial charge in [-0.15, -0.1) is 0 Å². The molecule has 14 heavy (non-hydrogen) atoms. The molecule has 0 radical (unpaired) electrons. The van der Waals surface area contributed by atoms with Gasteiger partial charge >= 0.3 is 0 Å². The molecular formula is C9H12N4S. The van der Waals surface area contributed by atoms with Gasteiger partial charge in [-0.05, 0) is 24.5 Å². The molecule has 1 atom stereocenters. The number of rotatable bonds is 3. The second kappa shape index (κ2) is 3.89. The van der Waals surface area contributed by atoms with Crippen LogP contribution in [-0.4, -0.2) is 21.9 Å². The zero-order valence-electron chi connectivity index (χ0n) is 7.90. The van der Waals surface area contributed by atoms with Crippen LogP contribution in [-0.2, 0) is 0 Å². The first-order valence-electron chi connectivity index (χ1n) is 4.47. The fraction of sp³-hybridized carbons (Fsp3) is 0.333. The Kier molecular flexibility index (Phi) is 2.60. The van der Waals surface area contributed by atoms with Crippen molar-refractivity contribution in [3.63, 3.8) is 0 Å². The van der Waals surface area contributed by atoms with Crippen LogP contribution >= 0.6 is 11.5 Å². The number of anilines is 1. The van der Waals surface area contributed by atoms with E-state index in [0.717, 1.165) is 15.9 Å². The highest BCUT2D eigenvalue weighted by atomic mass is 32.1. The summed E-state index contributed by atoms with van der Waals surface area (Å²) >= 11 is 1.47. The van der Waals surface area contributed by atoms with Gasteiger partial charge in [0.2, 0.25) is 0 Å². The normalized spacial score (nSPS) is 13.0. The average molecular weight is 208 g/mol. The highest BCUT2D eigenvalue weighted by molar-refractivity contribution is 7.13. The number of pyridine rings is 1. The molecule has 2 aromatic rings. The predicted molar refractivity (Wildman–Crippen MR) is 59.6 cm³/mol. The molecule has 0 fully saturated rings. The third kappa shape index (κ3) is 1.69. The van der Waals surface area contributed by atoms with Crippen LogP contribution in [0.1, 0.15) is 6.92 Å². The lowest BCUT2D eigenvalue weighted by molar-refractivity contribution is 0.800. The van der Waals surface area contributed by atoms with Crippen LogP contribution in [0, 0.1) is 0 Å². The lowest BCUT2D eigenvalue weighted by atomic mass is 10.3. The van der Waals surface area contributed by atoms with Gasteiger partial charge in [0.05, 0.1) is 16.3 Å². The van der Waals surface area contributed by atoms with E-state index in [-0.39, 0.29) is 6.04 Å². The summed E-state index contributed by atoms with van der Waals surface area (Å²) < 4.78 is 5.27. The van der Waals surface area contributed by atoms with Gasteiger partial charge in [0.15, 0.2) is 0 Å². The van der Waals surface area contributed by atoms with Crippen LogP contribution in [0.4, 0.5) is 5.82 Å². The Morgan fingerprint density at radius 1 is 1.64 bits per heavy atom. The molecule has 0 spiro atoms. The maximum absolute atomic E-state index is 5.54. The molecular weight excluding hydrogens is 196 g/mol. The van der Waals surface area contributed by atoms with E-state index in [1.807, 2.05) is 19.2 Å². The van der Waals surface area contributed by atoms with E-state index in [2.05, 4.69) is 14.7 Å². The predicted octanol–water partition coefficient (Wildman–Crippen LogP) is 1.45. The summed E-state index contributed by atoms with van der Waals surface area (Å²) in [4.78, 5) is 4.27. The van der Waals surface area contributed by atoms with Gasteiger partial charge in [-0.1, -0.05) is 0 Å². The number of hydrogen-bond acceptors (Lipinski definition) is 5. The maximum Gasteiger partial charge on any atom is 0.136 e. The summed E-state index contributed by atoms with van der Waals surface area (Å²) in [5.74, 6) is 0.870. The third-order valence-corrected chi connectivity index (χ3v) is 2.78. The van der Waals surface area contributed by atoms with Gasteiger partial charge < -0.3 is 11.1 Å². The van der Waals surface area contributed by atoms with Crippen LogP contribution in [0.3, 0.4) is 0 Å². The fourth-order valence-corrected chi connectivity index (χ4v) is 1.84. The Labute approximate surface area is 86.3 Å². The minimum absolute atomic E-state index is 0.230. The first-order valence-corrected chi connectivity index (χ1v) is 5.24. The lowest BCUT2D eigenvalue weighted by Gasteiger charge is -2.11. The molecule has 3 N–H and O–H groups in total. The Hall–Kier alpha value is -1.20. The first kappa shape index (κ1) is 9.36. The van der Waals surface area contributed by atoms with Crippen molar-refractivity contribution in [1.82, 2.24) is 9.36 Å². The molecule has 0 aliphatic rings. The van der Waals surface area contributed by atoms with E-state index in [1.165, 1.54) is 11.5 Å². The minimum Gasteiger partial charge on any atom is -0.366 e. The number of hydrogen-bond donors (Lipinski definition) is 2. The van der Waals surface area contributed by atoms with Crippen LogP contribution < -0.4 is 11.1 Å². The van der Waals surface area contributed by atoms with Gasteiger partial charge in [0, 0.05) is 18.8 Å². The number of nitrogens with two attached hydrogens (primary N) is 1. The van der Waals surface area contributed by atoms with Crippen molar-refractivity contribution in [3.8, 4) is 0 Å². The third-order valence-electron chi connectivity index (χ3n) is 2.02. The number of aromatic nitrogens is 2. The summed E-state index contributed by atoms with van der Waals surface area (Å²) in [5.41, 5.74) is 5.54. The second-order valence-corrected chi connectivity index (χ2v) is 4.01. The molecule has 0 saturated carbocycles. The molecule has 2 rings (SSSR count). The number of nitrogens with zero attached hydrogens (tertiary/aromatic N) is 2. The summed E-state index contributed by atoms with van der Waals surface area (Å²) in [6.07, 6.45) is 3.62. The first-order chi connectivity index (χ1) is 6.81. The standard InChI is InChI=1S/C9H12N4S/c1-6(4-10)13-9-7-5-12-14-8(7)2-3-11-9/h2-3,5-6H,4,10H2,1H3,(H,11,13). The molecule has 4 nitrogen and oxygen atoms in total. The highest BCUT2D eigenvalue weighted by Gasteiger charge is 2.06. The maximum atomic E-state index is 5.54. The van der Waals surface area contributed by atoms with E-state index < -0.39 is 0 Å². The van der Waals surface area contributed by atoms with E-state index >= 15 is 0 Å². The molecule has 2 heterocycles. The summed E-state index contributed by atoms with van der Waals surface area (Å²) in [5, 5.41) is 4.32. The molecule has 0 aromatic carbocycles. The smallest absolute Gasteiger partial charge is 0.136 e. The van der Waals surface area contributed by atoms with Crippen molar-refractivity contribution in [2.24, 2.45) is 5.73 Å². The van der Waals surface area contributed by atoms with Crippen molar-refractivity contribution < 1.29 is 0 Å². The minimum atomic E-state index is 0.230. The van der Waals surface area contributed by atoms with E-state index in [4.69, 9.17) is 5.73 Å². The molecule has 1 unspecified atom stereocenters. The van der Waals surface area contributed by atoms with Crippen LogP contribution in [0.5, 0.6) is 0 Å². The molecule has 74 valence electrons. The van der Waals surface area contributed by atoms with E-state index in [1.54, 1.807) is 6.20 Å². The molecule has 5 heteroatoms. The molecule has 0 amide bonds. The summed E-state index contributed by atoms with van der Waals surface area (Å²) in [6, 6.07) is 2.19. The van der Waals surface area contributed by atoms with Crippen molar-refractivity contribution in [2.45, 2.75) is 13.0 Å². The van der Waals surface area contributed by atoms with Gasteiger partial charge in [0.25, 0.3) is 0 Å². The monoisotopic (exact) mass is 208 g/mol. The van der Waals surface area contributed by atoms with Crippen LogP contribution in [0.2, 0.25) is 0 Å². The van der Waals surface area contributed by atoms with E-state index in [0.29, 0.717) is 6.54 Å². The number of nitrogens with one attached hydrogen (secondary N) is 1. The average Bonchev–Trinajstić information content (AvgIpc) is 2.66. The summed E-state index contributed by atoms with van der Waals surface area (Å²) in [6.45, 7) is 2.62. The van der Waals surface area contributed by atoms with Crippen molar-refractivity contribution in [1.29, 1.82) is 0 Å². The van der Waals surface area contributed by atoms with Crippen LogP contribution in [0.25, 0.3) is 10.1 Å². The summed E-state index contributed by atoms with van der Waals surface area (Å²) in [7, 11) is 0. The Morgan fingerprint density at radius 2 is 2.50 bits per heavy atom. The SMILES string of the molecule is CC(CN)Nc1nccc2sncc12. The van der Waals surface area contributed by atoms with Crippen LogP contribution in [0.15, 0.2) is 18.5 Å². The second-order valence-electron chi connectivity index (χ2n) is 3.18. The molecule has 0 aliphatic heterocycles. The zero-order chi connectivity index (χ0) is 9.97. The molecule has 0 aliphatic carbocycles. The zero-order valence-corrected chi connectivity index (χ0v) is 8.71. The van der Waals surface area contributed by atoms with Crippen molar-refractivity contribution >= 4 is 27.4 Å². The van der Waals surface area contributed by atoms with Gasteiger partial charge in [0.1, 0.15) is 5.82 Å². The van der Waals surface area contributed by atoms with Gasteiger partial charge in [-0.25, -0.2) is 4.98 Å². The lowest BCUT2D eigenvalue weighted by Crippen LogP contribution is -2.25. The molecule has 0 bridgehead atoms. The van der Waals surface area contributed by atoms with E-state index in [9.17, 15) is 0 Å². The Balaban J connectivity index is 2.36. The Morgan fingerprint density at radius 3 is 3.29 bits per heavy atom. The highest BCUT2D eigenvalue weighted by Crippen LogP contribution is 2.23. The Bertz CT molecular complexity index is 425.